The van der Waals surface area contributed by atoms with Crippen LogP contribution in [0.25, 0.3) is 0 Å². The number of rotatable bonds is 7. The van der Waals surface area contributed by atoms with Crippen LogP contribution in [0, 0.1) is 0 Å². The molecule has 0 fully saturated rings. The monoisotopic (exact) mass is 354 g/mol. The van der Waals surface area contributed by atoms with Crippen molar-refractivity contribution in [3.8, 4) is 5.75 Å². The Morgan fingerprint density at radius 1 is 1.08 bits per heavy atom. The molecule has 0 aliphatic rings. The Kier molecular flexibility index (Phi) is 5.58. The molecule has 128 valence electrons. The zero-order valence-corrected chi connectivity index (χ0v) is 14.5. The van der Waals surface area contributed by atoms with Crippen molar-refractivity contribution in [1.82, 2.24) is 10.2 Å². The lowest BCUT2D eigenvalue weighted by atomic mass is 10.2. The molecule has 2 aromatic heterocycles. The average Bonchev–Trinajstić information content (AvgIpc) is 3.14. The van der Waals surface area contributed by atoms with Gasteiger partial charge in [0, 0.05) is 17.0 Å². The molecule has 1 aromatic carbocycles. The predicted molar refractivity (Wildman–Crippen MR) is 99.0 cm³/mol. The average molecular weight is 354 g/mol. The Morgan fingerprint density at radius 3 is 2.60 bits per heavy atom. The van der Waals surface area contributed by atoms with Crippen molar-refractivity contribution in [2.24, 2.45) is 0 Å². The van der Waals surface area contributed by atoms with Crippen LogP contribution in [0.15, 0.2) is 53.9 Å². The summed E-state index contributed by atoms with van der Waals surface area (Å²) >= 11 is 1.55. The molecule has 0 bridgehead atoms. The van der Waals surface area contributed by atoms with E-state index in [4.69, 9.17) is 4.74 Å². The Bertz CT molecular complexity index is 819. The van der Waals surface area contributed by atoms with Gasteiger partial charge in [0.15, 0.2) is 5.82 Å². The van der Waals surface area contributed by atoms with Crippen LogP contribution in [0.4, 0.5) is 11.6 Å². The maximum Gasteiger partial charge on any atom is 0.230 e. The highest BCUT2D eigenvalue weighted by Crippen LogP contribution is 2.18. The molecule has 0 spiro atoms. The van der Waals surface area contributed by atoms with Gasteiger partial charge >= 0.3 is 0 Å². The molecule has 6 nitrogen and oxygen atoms in total. The van der Waals surface area contributed by atoms with E-state index in [1.807, 2.05) is 41.8 Å². The Labute approximate surface area is 149 Å². The molecular weight excluding hydrogens is 336 g/mol. The lowest BCUT2D eigenvalue weighted by Crippen LogP contribution is -2.15. The third-order valence-corrected chi connectivity index (χ3v) is 4.38. The molecule has 1 amide bonds. The number of benzene rings is 1. The number of hydrogen-bond acceptors (Lipinski definition) is 6. The number of ether oxygens (including phenoxy) is 1. The number of carbonyl (C=O) groups excluding carboxylic acids is 1. The zero-order valence-electron chi connectivity index (χ0n) is 13.7. The van der Waals surface area contributed by atoms with Crippen LogP contribution >= 0.6 is 11.3 Å². The van der Waals surface area contributed by atoms with Crippen LogP contribution in [0.1, 0.15) is 10.4 Å². The molecule has 3 rings (SSSR count). The zero-order chi connectivity index (χ0) is 17.5. The first-order valence-corrected chi connectivity index (χ1v) is 8.64. The fraction of sp³-hybridized carbons (Fsp3) is 0.167. The second kappa shape index (κ2) is 8.25. The molecule has 0 aliphatic heterocycles. The summed E-state index contributed by atoms with van der Waals surface area (Å²) in [6, 6.07) is 15.1. The number of methoxy groups -OCH3 is 1. The molecule has 3 aromatic rings. The third kappa shape index (κ3) is 4.77. The van der Waals surface area contributed by atoms with E-state index in [0.717, 1.165) is 16.2 Å². The van der Waals surface area contributed by atoms with E-state index in [2.05, 4.69) is 20.8 Å². The number of aromatic nitrogens is 2. The summed E-state index contributed by atoms with van der Waals surface area (Å²) in [4.78, 5) is 13.0. The van der Waals surface area contributed by atoms with Crippen LogP contribution in [-0.2, 0) is 17.8 Å². The number of para-hydroxylation sites is 1. The Balaban J connectivity index is 1.54. The van der Waals surface area contributed by atoms with Gasteiger partial charge in [-0.1, -0.05) is 24.3 Å². The predicted octanol–water partition coefficient (Wildman–Crippen LogP) is 3.34. The fourth-order valence-corrected chi connectivity index (χ4v) is 2.99. The number of anilines is 2. The number of thiophene rings is 1. The van der Waals surface area contributed by atoms with Crippen molar-refractivity contribution < 1.29 is 9.53 Å². The number of amides is 1. The second-order valence-corrected chi connectivity index (χ2v) is 6.31. The van der Waals surface area contributed by atoms with Gasteiger partial charge < -0.3 is 15.4 Å². The van der Waals surface area contributed by atoms with Crippen molar-refractivity contribution >= 4 is 28.9 Å². The number of hydrogen-bond donors (Lipinski definition) is 2. The van der Waals surface area contributed by atoms with Gasteiger partial charge in [-0.15, -0.1) is 21.5 Å². The lowest BCUT2D eigenvalue weighted by Gasteiger charge is -2.10. The van der Waals surface area contributed by atoms with E-state index < -0.39 is 0 Å². The molecule has 2 N–H and O–H groups in total. The van der Waals surface area contributed by atoms with Gasteiger partial charge in [0.1, 0.15) is 11.6 Å². The van der Waals surface area contributed by atoms with Gasteiger partial charge in [-0.05, 0) is 29.6 Å². The molecule has 25 heavy (non-hydrogen) atoms. The van der Waals surface area contributed by atoms with Gasteiger partial charge in [-0.2, -0.15) is 0 Å². The van der Waals surface area contributed by atoms with Crippen molar-refractivity contribution in [3.05, 3.63) is 64.4 Å². The SMILES string of the molecule is COc1ccccc1CNc1ccc(NC(=O)Cc2cccs2)nn1. The molecule has 2 heterocycles. The summed E-state index contributed by atoms with van der Waals surface area (Å²) in [7, 11) is 1.65. The molecule has 0 saturated heterocycles. The Morgan fingerprint density at radius 2 is 1.88 bits per heavy atom. The van der Waals surface area contributed by atoms with E-state index in [9.17, 15) is 4.79 Å². The van der Waals surface area contributed by atoms with Gasteiger partial charge in [-0.3, -0.25) is 4.79 Å². The first-order valence-electron chi connectivity index (χ1n) is 7.76. The summed E-state index contributed by atoms with van der Waals surface area (Å²) in [5.74, 6) is 1.78. The molecule has 0 unspecified atom stereocenters. The van der Waals surface area contributed by atoms with Crippen molar-refractivity contribution in [2.45, 2.75) is 13.0 Å². The third-order valence-electron chi connectivity index (χ3n) is 3.50. The normalized spacial score (nSPS) is 10.3. The maximum absolute atomic E-state index is 11.9. The minimum Gasteiger partial charge on any atom is -0.496 e. The van der Waals surface area contributed by atoms with E-state index in [1.165, 1.54) is 0 Å². The van der Waals surface area contributed by atoms with Gasteiger partial charge in [0.2, 0.25) is 5.91 Å². The first kappa shape index (κ1) is 16.9. The second-order valence-electron chi connectivity index (χ2n) is 5.27. The van der Waals surface area contributed by atoms with E-state index in [0.29, 0.717) is 24.6 Å². The smallest absolute Gasteiger partial charge is 0.230 e. The van der Waals surface area contributed by atoms with Crippen molar-refractivity contribution in [3.63, 3.8) is 0 Å². The van der Waals surface area contributed by atoms with E-state index >= 15 is 0 Å². The highest BCUT2D eigenvalue weighted by molar-refractivity contribution is 7.10. The quantitative estimate of drug-likeness (QED) is 0.680. The minimum absolute atomic E-state index is 0.105. The van der Waals surface area contributed by atoms with E-state index in [1.54, 1.807) is 30.6 Å². The van der Waals surface area contributed by atoms with Crippen LogP contribution in [0.3, 0.4) is 0 Å². The highest BCUT2D eigenvalue weighted by atomic mass is 32.1. The molecule has 0 atom stereocenters. The molecule has 7 heteroatoms. The summed E-state index contributed by atoms with van der Waals surface area (Å²) in [6.07, 6.45) is 0.340. The number of nitrogens with zero attached hydrogens (tertiary/aromatic N) is 2. The largest absolute Gasteiger partial charge is 0.496 e. The van der Waals surface area contributed by atoms with Crippen molar-refractivity contribution in [2.75, 3.05) is 17.7 Å². The Hall–Kier alpha value is -2.93. The summed E-state index contributed by atoms with van der Waals surface area (Å²) < 4.78 is 5.32. The minimum atomic E-state index is -0.105. The van der Waals surface area contributed by atoms with Gasteiger partial charge in [-0.25, -0.2) is 0 Å². The van der Waals surface area contributed by atoms with Crippen LogP contribution in [0.2, 0.25) is 0 Å². The standard InChI is InChI=1S/C18H18N4O2S/c1-24-15-7-3-2-5-13(15)12-19-16-8-9-17(22-21-16)20-18(23)11-14-6-4-10-25-14/h2-10H,11-12H2,1H3,(H,19,21)(H,20,22,23). The molecular formula is C18H18N4O2S. The van der Waals surface area contributed by atoms with Crippen LogP contribution in [-0.4, -0.2) is 23.2 Å². The van der Waals surface area contributed by atoms with Crippen molar-refractivity contribution in [1.29, 1.82) is 0 Å². The van der Waals surface area contributed by atoms with Gasteiger partial charge in [0.25, 0.3) is 0 Å². The summed E-state index contributed by atoms with van der Waals surface area (Å²) in [6.45, 7) is 0.572. The van der Waals surface area contributed by atoms with E-state index in [-0.39, 0.29) is 5.91 Å². The number of nitrogens with one attached hydrogen (secondary N) is 2. The van der Waals surface area contributed by atoms with Crippen LogP contribution in [0.5, 0.6) is 5.75 Å². The molecule has 0 radical (unpaired) electrons. The molecule has 0 saturated carbocycles. The fourth-order valence-electron chi connectivity index (χ4n) is 2.29. The maximum atomic E-state index is 11.9. The highest BCUT2D eigenvalue weighted by Gasteiger charge is 2.07. The summed E-state index contributed by atoms with van der Waals surface area (Å²) in [5.41, 5.74) is 1.03. The first-order chi connectivity index (χ1) is 12.2. The van der Waals surface area contributed by atoms with Crippen LogP contribution < -0.4 is 15.4 Å². The lowest BCUT2D eigenvalue weighted by molar-refractivity contribution is -0.115. The summed E-state index contributed by atoms with van der Waals surface area (Å²) in [5, 5.41) is 16.0. The molecule has 0 aliphatic carbocycles. The number of carbonyl (C=O) groups is 1. The van der Waals surface area contributed by atoms with Gasteiger partial charge in [0.05, 0.1) is 13.5 Å². The topological polar surface area (TPSA) is 76.1 Å².